The normalized spacial score (nSPS) is 21.0. The fraction of sp³-hybridized carbons (Fsp3) is 0.733. The Bertz CT molecular complexity index is 378. The van der Waals surface area contributed by atoms with Crippen molar-refractivity contribution in [1.29, 1.82) is 0 Å². The van der Waals surface area contributed by atoms with Gasteiger partial charge in [-0.15, -0.1) is 11.3 Å². The molecule has 0 unspecified atom stereocenters. The van der Waals surface area contributed by atoms with Crippen LogP contribution in [-0.2, 0) is 13.1 Å². The number of nitrogens with zero attached hydrogens (tertiary/aromatic N) is 1. The van der Waals surface area contributed by atoms with Gasteiger partial charge in [0.15, 0.2) is 0 Å². The van der Waals surface area contributed by atoms with Crippen molar-refractivity contribution < 1.29 is 0 Å². The monoisotopic (exact) mass is 264 g/mol. The Balaban J connectivity index is 1.48. The molecule has 0 spiro atoms. The maximum absolute atomic E-state index is 3.59. The van der Waals surface area contributed by atoms with Crippen molar-refractivity contribution in [3.05, 3.63) is 21.9 Å². The summed E-state index contributed by atoms with van der Waals surface area (Å²) in [4.78, 5) is 5.57. The van der Waals surface area contributed by atoms with Gasteiger partial charge in [0.2, 0.25) is 0 Å². The largest absolute Gasteiger partial charge is 0.309 e. The molecule has 0 bridgehead atoms. The van der Waals surface area contributed by atoms with Gasteiger partial charge in [-0.3, -0.25) is 4.90 Å². The molecule has 0 aromatic carbocycles. The quantitative estimate of drug-likeness (QED) is 0.847. The van der Waals surface area contributed by atoms with Gasteiger partial charge in [-0.25, -0.2) is 0 Å². The Kier molecular flexibility index (Phi) is 4.02. The summed E-state index contributed by atoms with van der Waals surface area (Å²) in [6, 6.07) is 6.27. The molecule has 100 valence electrons. The molecule has 3 rings (SSSR count). The van der Waals surface area contributed by atoms with Crippen molar-refractivity contribution >= 4 is 11.3 Å². The molecule has 1 aromatic rings. The molecule has 0 radical (unpaired) electrons. The predicted octanol–water partition coefficient (Wildman–Crippen LogP) is 3.37. The van der Waals surface area contributed by atoms with Crippen LogP contribution in [0.1, 0.15) is 48.3 Å². The number of nitrogens with one attached hydrogen (secondary N) is 1. The highest BCUT2D eigenvalue weighted by Gasteiger charge is 2.21. The number of hydrogen-bond donors (Lipinski definition) is 1. The molecule has 2 nitrogen and oxygen atoms in total. The van der Waals surface area contributed by atoms with E-state index in [2.05, 4.69) is 29.4 Å². The predicted molar refractivity (Wildman–Crippen MR) is 77.9 cm³/mol. The second-order valence-corrected chi connectivity index (χ2v) is 7.13. The Morgan fingerprint density at radius 1 is 1.17 bits per heavy atom. The van der Waals surface area contributed by atoms with Gasteiger partial charge in [0.25, 0.3) is 0 Å². The number of rotatable bonds is 6. The molecule has 0 saturated heterocycles. The first-order valence-electron chi connectivity index (χ1n) is 7.32. The third kappa shape index (κ3) is 3.34. The van der Waals surface area contributed by atoms with Crippen molar-refractivity contribution in [2.24, 2.45) is 0 Å². The molecule has 0 aliphatic heterocycles. The SMILES string of the molecule is CN(Cc1ccc(CNC2CC2)s1)C1CCCC1. The minimum atomic E-state index is 0.816. The molecule has 0 amide bonds. The molecule has 2 saturated carbocycles. The Labute approximate surface area is 114 Å². The summed E-state index contributed by atoms with van der Waals surface area (Å²) in [7, 11) is 2.29. The highest BCUT2D eigenvalue weighted by molar-refractivity contribution is 7.11. The zero-order valence-corrected chi connectivity index (χ0v) is 12.1. The molecule has 1 N–H and O–H groups in total. The summed E-state index contributed by atoms with van der Waals surface area (Å²) in [5, 5.41) is 3.59. The van der Waals surface area contributed by atoms with E-state index in [-0.39, 0.29) is 0 Å². The highest BCUT2D eigenvalue weighted by atomic mass is 32.1. The van der Waals surface area contributed by atoms with Crippen LogP contribution in [0.25, 0.3) is 0 Å². The molecule has 1 aromatic heterocycles. The van der Waals surface area contributed by atoms with E-state index >= 15 is 0 Å². The van der Waals surface area contributed by atoms with E-state index in [1.807, 2.05) is 11.3 Å². The van der Waals surface area contributed by atoms with E-state index in [1.165, 1.54) is 48.3 Å². The van der Waals surface area contributed by atoms with E-state index in [0.717, 1.165) is 25.2 Å². The second kappa shape index (κ2) is 5.72. The van der Waals surface area contributed by atoms with Crippen molar-refractivity contribution in [3.63, 3.8) is 0 Å². The first kappa shape index (κ1) is 12.6. The van der Waals surface area contributed by atoms with Gasteiger partial charge >= 0.3 is 0 Å². The van der Waals surface area contributed by atoms with Crippen LogP contribution in [0.15, 0.2) is 12.1 Å². The first-order valence-corrected chi connectivity index (χ1v) is 8.14. The van der Waals surface area contributed by atoms with Crippen molar-refractivity contribution in [1.82, 2.24) is 10.2 Å². The van der Waals surface area contributed by atoms with Crippen molar-refractivity contribution in [2.75, 3.05) is 7.05 Å². The lowest BCUT2D eigenvalue weighted by molar-refractivity contribution is 0.239. The maximum Gasteiger partial charge on any atom is 0.0327 e. The average Bonchev–Trinajstić information content (AvgIpc) is 2.88. The van der Waals surface area contributed by atoms with E-state index in [9.17, 15) is 0 Å². The lowest BCUT2D eigenvalue weighted by Gasteiger charge is -2.23. The molecule has 2 fully saturated rings. The van der Waals surface area contributed by atoms with Gasteiger partial charge in [-0.1, -0.05) is 12.8 Å². The van der Waals surface area contributed by atoms with E-state index in [1.54, 1.807) is 0 Å². The van der Waals surface area contributed by atoms with Gasteiger partial charge in [-0.2, -0.15) is 0 Å². The van der Waals surface area contributed by atoms with Gasteiger partial charge < -0.3 is 5.32 Å². The average molecular weight is 264 g/mol. The Hall–Kier alpha value is -0.380. The van der Waals surface area contributed by atoms with Gasteiger partial charge in [0.05, 0.1) is 0 Å². The Morgan fingerprint density at radius 3 is 2.61 bits per heavy atom. The van der Waals surface area contributed by atoms with E-state index < -0.39 is 0 Å². The van der Waals surface area contributed by atoms with Crippen LogP contribution in [-0.4, -0.2) is 24.0 Å². The molecular weight excluding hydrogens is 240 g/mol. The summed E-state index contributed by atoms with van der Waals surface area (Å²) in [5.74, 6) is 0. The third-order valence-corrected chi connectivity index (χ3v) is 5.28. The summed E-state index contributed by atoms with van der Waals surface area (Å²) in [5.41, 5.74) is 0. The van der Waals surface area contributed by atoms with E-state index in [4.69, 9.17) is 0 Å². The van der Waals surface area contributed by atoms with Crippen LogP contribution < -0.4 is 5.32 Å². The van der Waals surface area contributed by atoms with Crippen molar-refractivity contribution in [3.8, 4) is 0 Å². The maximum atomic E-state index is 3.59. The standard InChI is InChI=1S/C15H24N2S/c1-17(13-4-2-3-5-13)11-15-9-8-14(18-15)10-16-12-6-7-12/h8-9,12-13,16H,2-7,10-11H2,1H3. The van der Waals surface area contributed by atoms with Gasteiger partial charge in [0.1, 0.15) is 0 Å². The van der Waals surface area contributed by atoms with Crippen LogP contribution in [0.2, 0.25) is 0 Å². The lowest BCUT2D eigenvalue weighted by atomic mass is 10.2. The van der Waals surface area contributed by atoms with Gasteiger partial charge in [-0.05, 0) is 44.9 Å². The van der Waals surface area contributed by atoms with Crippen molar-refractivity contribution in [2.45, 2.75) is 63.7 Å². The molecule has 2 aliphatic carbocycles. The molecule has 18 heavy (non-hydrogen) atoms. The fourth-order valence-electron chi connectivity index (χ4n) is 2.85. The highest BCUT2D eigenvalue weighted by Crippen LogP contribution is 2.26. The second-order valence-electron chi connectivity index (χ2n) is 5.88. The third-order valence-electron chi connectivity index (χ3n) is 4.21. The van der Waals surface area contributed by atoms with Crippen LogP contribution >= 0.6 is 11.3 Å². The first-order chi connectivity index (χ1) is 8.81. The summed E-state index contributed by atoms with van der Waals surface area (Å²) >= 11 is 1.99. The van der Waals surface area contributed by atoms with Gasteiger partial charge in [0, 0.05) is 34.9 Å². The topological polar surface area (TPSA) is 15.3 Å². The molecule has 1 heterocycles. The fourth-order valence-corrected chi connectivity index (χ4v) is 3.89. The minimum absolute atomic E-state index is 0.816. The molecule has 2 aliphatic rings. The number of thiophene rings is 1. The Morgan fingerprint density at radius 2 is 1.89 bits per heavy atom. The molecular formula is C15H24N2S. The van der Waals surface area contributed by atoms with Crippen LogP contribution in [0.5, 0.6) is 0 Å². The minimum Gasteiger partial charge on any atom is -0.309 e. The summed E-state index contributed by atoms with van der Waals surface area (Å²) < 4.78 is 0. The zero-order valence-electron chi connectivity index (χ0n) is 11.3. The summed E-state index contributed by atoms with van der Waals surface area (Å²) in [6.45, 7) is 2.21. The molecule has 0 atom stereocenters. The number of hydrogen-bond acceptors (Lipinski definition) is 3. The zero-order chi connectivity index (χ0) is 12.4. The smallest absolute Gasteiger partial charge is 0.0327 e. The summed E-state index contributed by atoms with van der Waals surface area (Å²) in [6.07, 6.45) is 8.41. The van der Waals surface area contributed by atoms with Crippen LogP contribution in [0, 0.1) is 0 Å². The lowest BCUT2D eigenvalue weighted by Crippen LogP contribution is -2.28. The molecule has 3 heteroatoms. The van der Waals surface area contributed by atoms with Crippen LogP contribution in [0.3, 0.4) is 0 Å². The van der Waals surface area contributed by atoms with E-state index in [0.29, 0.717) is 0 Å². The van der Waals surface area contributed by atoms with Crippen LogP contribution in [0.4, 0.5) is 0 Å².